The van der Waals surface area contributed by atoms with E-state index in [0.29, 0.717) is 7.25 Å². The van der Waals surface area contributed by atoms with Gasteiger partial charge in [-0.15, -0.1) is 0 Å². The summed E-state index contributed by atoms with van der Waals surface area (Å²) < 4.78 is 1.23. The van der Waals surface area contributed by atoms with Crippen LogP contribution in [0.15, 0.2) is 157 Å². The average molecular weight is 788 g/mol. The quantitative estimate of drug-likeness (QED) is 0.116. The van der Waals surface area contributed by atoms with Gasteiger partial charge in [0.1, 0.15) is 0 Å². The predicted octanol–water partition coefficient (Wildman–Crippen LogP) is 14.9. The third-order valence-corrected chi connectivity index (χ3v) is 31.8. The molecule has 10 rings (SSSR count). The van der Waals surface area contributed by atoms with E-state index in [1.165, 1.54) is 76.5 Å². The summed E-state index contributed by atoms with van der Waals surface area (Å²) in [6.45, 7) is 10.1. The van der Waals surface area contributed by atoms with Crippen LogP contribution in [-0.2, 0) is 20.4 Å². The molecule has 54 heavy (non-hydrogen) atoms. The van der Waals surface area contributed by atoms with Gasteiger partial charge < -0.3 is 0 Å². The Labute approximate surface area is 327 Å². The Balaban J connectivity index is 1.08. The van der Waals surface area contributed by atoms with Gasteiger partial charge in [0.15, 0.2) is 0 Å². The van der Waals surface area contributed by atoms with Gasteiger partial charge >= 0.3 is 329 Å². The number of allylic oxidation sites excluding steroid dienone is 2. The molecule has 0 fully saturated rings. The number of benzene rings is 8. The van der Waals surface area contributed by atoms with Crippen molar-refractivity contribution in [1.82, 2.24) is 0 Å². The summed E-state index contributed by atoms with van der Waals surface area (Å²) in [6.07, 6.45) is 7.51. The number of rotatable bonds is 6. The average Bonchev–Trinajstić information content (AvgIpc) is 3.77. The van der Waals surface area contributed by atoms with Crippen LogP contribution in [0.25, 0.3) is 77.5 Å². The fourth-order valence-electron chi connectivity index (χ4n) is 9.74. The van der Waals surface area contributed by atoms with Gasteiger partial charge in [0.2, 0.25) is 0 Å². The van der Waals surface area contributed by atoms with E-state index in [4.69, 9.17) is 0 Å². The monoisotopic (exact) mass is 786 g/mol. The van der Waals surface area contributed by atoms with Crippen LogP contribution in [0, 0.1) is 0 Å². The molecule has 2 heteroatoms. The molecule has 2 unspecified atom stereocenters. The van der Waals surface area contributed by atoms with E-state index in [1.54, 1.807) is 22.3 Å². The van der Waals surface area contributed by atoms with Crippen molar-refractivity contribution in [3.8, 4) is 22.3 Å². The van der Waals surface area contributed by atoms with Crippen molar-refractivity contribution in [2.24, 2.45) is 0 Å². The van der Waals surface area contributed by atoms with Gasteiger partial charge in [-0.3, -0.25) is 0 Å². The van der Waals surface area contributed by atoms with E-state index >= 15 is 0 Å². The zero-order valence-corrected chi connectivity index (χ0v) is 35.0. The van der Waals surface area contributed by atoms with E-state index in [-0.39, 0.29) is 0 Å². The molecule has 0 aromatic heterocycles. The second-order valence-corrected chi connectivity index (χ2v) is 33.5. The van der Waals surface area contributed by atoms with Gasteiger partial charge in [-0.25, -0.2) is 0 Å². The number of hydrogen-bond donors (Lipinski definition) is 0. The van der Waals surface area contributed by atoms with Gasteiger partial charge in [0, 0.05) is 0 Å². The summed E-state index contributed by atoms with van der Waals surface area (Å²) in [5.74, 6) is 0. The molecule has 8 aromatic rings. The van der Waals surface area contributed by atoms with Crippen molar-refractivity contribution < 1.29 is 20.4 Å². The summed E-state index contributed by atoms with van der Waals surface area (Å²) in [7, 11) is 0. The Morgan fingerprint density at radius 2 is 0.815 bits per heavy atom. The number of hydrogen-bond acceptors (Lipinski definition) is 0. The van der Waals surface area contributed by atoms with Crippen LogP contribution >= 0.6 is 0 Å². The van der Waals surface area contributed by atoms with Gasteiger partial charge in [-0.2, -0.15) is 0 Å². The Morgan fingerprint density at radius 1 is 0.426 bits per heavy atom. The Bertz CT molecular complexity index is 2740. The standard InChI is InChI=1S/2C25H19.C2H6Si.Zr/c2*1-2-17-12-21-8-5-9-24(25(21)13-17)22-11-10-20-14-18-6-3-4-7-19(18)15-23(20)16-22;1-3-2;/h2*3-16H,2H2,1H3;1-2H3;. The van der Waals surface area contributed by atoms with Crippen molar-refractivity contribution >= 4 is 60.7 Å². The van der Waals surface area contributed by atoms with E-state index in [9.17, 15) is 0 Å². The second kappa shape index (κ2) is 13.6. The third kappa shape index (κ3) is 5.56. The SMILES string of the molecule is CCC1=Cc2c(-c3ccc4cc5ccccc5cc4c3)cccc2[CH]1[Zr]([CH]1C(CC)=Cc2c(-c3ccc4cc5ccccc5cc4c3)cccc21)=[Si](C)C. The van der Waals surface area contributed by atoms with E-state index < -0.39 is 25.8 Å². The zero-order valence-electron chi connectivity index (χ0n) is 31.6. The minimum absolute atomic E-state index is 0.543. The zero-order chi connectivity index (χ0) is 36.5. The molecule has 0 radical (unpaired) electrons. The van der Waals surface area contributed by atoms with Crippen molar-refractivity contribution in [1.29, 1.82) is 0 Å². The first kappa shape index (κ1) is 33.9. The molecule has 0 bridgehead atoms. The maximum absolute atomic E-state index is 2.66. The van der Waals surface area contributed by atoms with Crippen LogP contribution in [0.3, 0.4) is 0 Å². The molecule has 0 saturated carbocycles. The first-order valence-corrected chi connectivity index (χ1v) is 28.7. The summed E-state index contributed by atoms with van der Waals surface area (Å²) in [5, 5.41) is 10.5. The normalized spacial score (nSPS) is 16.1. The van der Waals surface area contributed by atoms with Crippen LogP contribution in [0.1, 0.15) is 56.2 Å². The fourth-order valence-corrected chi connectivity index (χ4v) is 30.5. The molecule has 0 heterocycles. The molecule has 0 spiro atoms. The van der Waals surface area contributed by atoms with Crippen molar-refractivity contribution in [2.45, 2.75) is 47.0 Å². The first-order chi connectivity index (χ1) is 26.5. The third-order valence-electron chi connectivity index (χ3n) is 12.4. The summed E-state index contributed by atoms with van der Waals surface area (Å²) in [6, 6.07) is 55.6. The van der Waals surface area contributed by atoms with Gasteiger partial charge in [-0.05, 0) is 0 Å². The van der Waals surface area contributed by atoms with Crippen molar-refractivity contribution in [3.63, 3.8) is 0 Å². The molecule has 2 atom stereocenters. The fraction of sp³-hybridized carbons (Fsp3) is 0.154. The minimum atomic E-state index is -2.26. The van der Waals surface area contributed by atoms with Gasteiger partial charge in [-0.1, -0.05) is 0 Å². The summed E-state index contributed by atoms with van der Waals surface area (Å²) in [4.78, 5) is 0. The second-order valence-electron chi connectivity index (χ2n) is 15.6. The Morgan fingerprint density at radius 3 is 1.20 bits per heavy atom. The predicted molar refractivity (Wildman–Crippen MR) is 233 cm³/mol. The molecule has 0 saturated heterocycles. The molecule has 0 N–H and O–H groups in total. The molecule has 0 aliphatic heterocycles. The van der Waals surface area contributed by atoms with Gasteiger partial charge in [0.05, 0.1) is 0 Å². The summed E-state index contributed by atoms with van der Waals surface area (Å²) in [5.41, 5.74) is 14.5. The Hall–Kier alpha value is -4.62. The van der Waals surface area contributed by atoms with Crippen molar-refractivity contribution in [3.05, 3.63) is 179 Å². The molecule has 0 nitrogen and oxygen atoms in total. The van der Waals surface area contributed by atoms with Crippen molar-refractivity contribution in [2.75, 3.05) is 0 Å². The van der Waals surface area contributed by atoms with Crippen LogP contribution in [0.2, 0.25) is 13.1 Å². The van der Waals surface area contributed by atoms with Gasteiger partial charge in [0.25, 0.3) is 0 Å². The molecule has 0 amide bonds. The van der Waals surface area contributed by atoms with Crippen LogP contribution in [-0.4, -0.2) is 5.43 Å². The molecule has 2 aliphatic carbocycles. The van der Waals surface area contributed by atoms with E-state index in [2.05, 4.69) is 185 Å². The Kier molecular flexibility index (Phi) is 8.54. The molecule has 8 aromatic carbocycles. The topological polar surface area (TPSA) is 0 Å². The first-order valence-electron chi connectivity index (χ1n) is 19.7. The van der Waals surface area contributed by atoms with Crippen LogP contribution in [0.4, 0.5) is 0 Å². The van der Waals surface area contributed by atoms with E-state index in [1.807, 2.05) is 0 Å². The maximum atomic E-state index is 2.66. The molecular formula is C52H44SiZr. The van der Waals surface area contributed by atoms with Crippen LogP contribution < -0.4 is 0 Å². The van der Waals surface area contributed by atoms with Crippen LogP contribution in [0.5, 0.6) is 0 Å². The molecule has 2 aliphatic rings. The van der Waals surface area contributed by atoms with E-state index in [0.717, 1.165) is 12.8 Å². The number of fused-ring (bicyclic) bond motifs is 6. The summed E-state index contributed by atoms with van der Waals surface area (Å²) >= 11 is -2.26. The molecular weight excluding hydrogens is 744 g/mol. The molecule has 260 valence electrons.